The van der Waals surface area contributed by atoms with Gasteiger partial charge in [-0.1, -0.05) is 0 Å². The van der Waals surface area contributed by atoms with Gasteiger partial charge in [-0.25, -0.2) is 4.98 Å². The van der Waals surface area contributed by atoms with Gasteiger partial charge in [0.25, 0.3) is 5.91 Å². The fourth-order valence-corrected chi connectivity index (χ4v) is 2.89. The van der Waals surface area contributed by atoms with Crippen LogP contribution in [-0.4, -0.2) is 40.8 Å². The van der Waals surface area contributed by atoms with E-state index in [2.05, 4.69) is 26.4 Å². The molecular weight excluding hydrogens is 292 g/mol. The van der Waals surface area contributed by atoms with Crippen molar-refractivity contribution in [2.45, 2.75) is 18.9 Å². The Kier molecular flexibility index (Phi) is 4.24. The monoisotopic (exact) mass is 310 g/mol. The highest BCUT2D eigenvalue weighted by atomic mass is 16.1. The van der Waals surface area contributed by atoms with E-state index < -0.39 is 0 Å². The van der Waals surface area contributed by atoms with Crippen LogP contribution < -0.4 is 10.2 Å². The van der Waals surface area contributed by atoms with E-state index in [0.29, 0.717) is 11.3 Å². The summed E-state index contributed by atoms with van der Waals surface area (Å²) in [4.78, 5) is 18.1. The number of nitrogens with one attached hydrogen (secondary N) is 1. The molecule has 0 aliphatic carbocycles. The summed E-state index contributed by atoms with van der Waals surface area (Å²) in [5, 5.41) is 16.2. The fraction of sp³-hybridized carbons (Fsp3) is 0.375. The summed E-state index contributed by atoms with van der Waals surface area (Å²) in [6.07, 6.45) is 5.51. The quantitative estimate of drug-likeness (QED) is 0.924. The molecule has 7 nitrogen and oxygen atoms in total. The molecule has 0 saturated carbocycles. The lowest BCUT2D eigenvalue weighted by Gasteiger charge is -2.34. The van der Waals surface area contributed by atoms with Gasteiger partial charge >= 0.3 is 0 Å². The molecule has 3 rings (SSSR count). The number of hydrogen-bond donors (Lipinski definition) is 1. The third-order valence-electron chi connectivity index (χ3n) is 4.05. The Morgan fingerprint density at radius 2 is 2.35 bits per heavy atom. The third-order valence-corrected chi connectivity index (χ3v) is 4.05. The van der Waals surface area contributed by atoms with Gasteiger partial charge in [0.15, 0.2) is 0 Å². The molecule has 0 radical (unpaired) electrons. The van der Waals surface area contributed by atoms with Crippen LogP contribution in [0.4, 0.5) is 5.82 Å². The van der Waals surface area contributed by atoms with Crippen LogP contribution in [0.1, 0.15) is 34.9 Å². The number of amides is 1. The zero-order chi connectivity index (χ0) is 16.2. The van der Waals surface area contributed by atoms with E-state index >= 15 is 0 Å². The minimum atomic E-state index is -0.187. The molecule has 1 aliphatic rings. The molecule has 0 spiro atoms. The fourth-order valence-electron chi connectivity index (χ4n) is 2.89. The van der Waals surface area contributed by atoms with E-state index in [0.717, 1.165) is 31.7 Å². The lowest BCUT2D eigenvalue weighted by atomic mass is 10.1. The lowest BCUT2D eigenvalue weighted by molar-refractivity contribution is 0.0957. The van der Waals surface area contributed by atoms with Crippen LogP contribution in [0.25, 0.3) is 0 Å². The maximum Gasteiger partial charge on any atom is 0.271 e. The highest BCUT2D eigenvalue weighted by Gasteiger charge is 2.24. The maximum absolute atomic E-state index is 11.6. The van der Waals surface area contributed by atoms with Gasteiger partial charge in [0.05, 0.1) is 11.6 Å². The molecule has 1 saturated heterocycles. The summed E-state index contributed by atoms with van der Waals surface area (Å²) >= 11 is 0. The highest BCUT2D eigenvalue weighted by Crippen LogP contribution is 2.26. The summed E-state index contributed by atoms with van der Waals surface area (Å²) in [6, 6.07) is 7.63. The van der Waals surface area contributed by atoms with Gasteiger partial charge in [0.2, 0.25) is 0 Å². The Morgan fingerprint density at radius 3 is 3.13 bits per heavy atom. The highest BCUT2D eigenvalue weighted by molar-refractivity contribution is 5.91. The van der Waals surface area contributed by atoms with E-state index in [-0.39, 0.29) is 11.9 Å². The predicted octanol–water partition coefficient (Wildman–Crippen LogP) is 1.35. The summed E-state index contributed by atoms with van der Waals surface area (Å²) in [6.45, 7) is 1.59. The van der Waals surface area contributed by atoms with Crippen molar-refractivity contribution < 1.29 is 4.79 Å². The van der Waals surface area contributed by atoms with Gasteiger partial charge in [-0.05, 0) is 31.0 Å². The second kappa shape index (κ2) is 6.48. The molecule has 1 aliphatic heterocycles. The Balaban J connectivity index is 1.80. The Bertz CT molecular complexity index is 747. The first-order valence-electron chi connectivity index (χ1n) is 7.60. The Hall–Kier alpha value is -2.88. The molecule has 0 bridgehead atoms. The smallest absolute Gasteiger partial charge is 0.271 e. The second-order valence-corrected chi connectivity index (χ2v) is 5.49. The number of hydrogen-bond acceptors (Lipinski definition) is 5. The van der Waals surface area contributed by atoms with Crippen LogP contribution in [0, 0.1) is 11.3 Å². The van der Waals surface area contributed by atoms with Crippen LogP contribution in [0.2, 0.25) is 0 Å². The molecule has 0 unspecified atom stereocenters. The van der Waals surface area contributed by atoms with Crippen molar-refractivity contribution in [1.29, 1.82) is 5.26 Å². The van der Waals surface area contributed by atoms with Gasteiger partial charge in [-0.2, -0.15) is 10.4 Å². The number of anilines is 1. The zero-order valence-corrected chi connectivity index (χ0v) is 12.9. The summed E-state index contributed by atoms with van der Waals surface area (Å²) < 4.78 is 1.84. The average molecular weight is 310 g/mol. The molecule has 3 heterocycles. The zero-order valence-electron chi connectivity index (χ0n) is 12.9. The molecule has 118 valence electrons. The molecule has 1 amide bonds. The Labute approximate surface area is 134 Å². The largest absolute Gasteiger partial charge is 0.354 e. The van der Waals surface area contributed by atoms with Gasteiger partial charge in [-0.3, -0.25) is 9.48 Å². The molecule has 1 N–H and O–H groups in total. The van der Waals surface area contributed by atoms with Crippen LogP contribution >= 0.6 is 0 Å². The van der Waals surface area contributed by atoms with Crippen LogP contribution in [0.3, 0.4) is 0 Å². The van der Waals surface area contributed by atoms with Crippen molar-refractivity contribution in [3.05, 3.63) is 41.9 Å². The van der Waals surface area contributed by atoms with E-state index in [1.807, 2.05) is 10.9 Å². The number of piperidine rings is 1. The third kappa shape index (κ3) is 3.01. The van der Waals surface area contributed by atoms with Gasteiger partial charge in [0.1, 0.15) is 17.6 Å². The molecular formula is C16H18N6O. The van der Waals surface area contributed by atoms with Crippen molar-refractivity contribution in [2.24, 2.45) is 0 Å². The SMILES string of the molecule is CNC(=O)c1ccn([C@H]2CCCN(c3ncccc3C#N)C2)n1. The minimum absolute atomic E-state index is 0.163. The first kappa shape index (κ1) is 15.0. The van der Waals surface area contributed by atoms with Gasteiger partial charge in [-0.15, -0.1) is 0 Å². The normalized spacial score (nSPS) is 17.6. The van der Waals surface area contributed by atoms with Gasteiger partial charge in [0, 0.05) is 32.5 Å². The second-order valence-electron chi connectivity index (χ2n) is 5.49. The number of nitrogens with zero attached hydrogens (tertiary/aromatic N) is 5. The van der Waals surface area contributed by atoms with Crippen LogP contribution in [-0.2, 0) is 0 Å². The molecule has 0 aromatic carbocycles. The Morgan fingerprint density at radius 1 is 1.48 bits per heavy atom. The predicted molar refractivity (Wildman–Crippen MR) is 85.1 cm³/mol. The van der Waals surface area contributed by atoms with Crippen LogP contribution in [0.15, 0.2) is 30.6 Å². The van der Waals surface area contributed by atoms with E-state index in [9.17, 15) is 10.1 Å². The van der Waals surface area contributed by atoms with Crippen molar-refractivity contribution in [1.82, 2.24) is 20.1 Å². The topological polar surface area (TPSA) is 86.8 Å². The average Bonchev–Trinajstić information content (AvgIpc) is 3.11. The number of aromatic nitrogens is 3. The minimum Gasteiger partial charge on any atom is -0.354 e. The molecule has 2 aromatic rings. The molecule has 7 heteroatoms. The van der Waals surface area contributed by atoms with E-state index in [1.165, 1.54) is 0 Å². The first-order chi connectivity index (χ1) is 11.2. The summed E-state index contributed by atoms with van der Waals surface area (Å²) in [5.41, 5.74) is 1.000. The van der Waals surface area contributed by atoms with E-state index in [4.69, 9.17) is 0 Å². The van der Waals surface area contributed by atoms with Crippen molar-refractivity contribution >= 4 is 11.7 Å². The van der Waals surface area contributed by atoms with Crippen molar-refractivity contribution in [3.63, 3.8) is 0 Å². The van der Waals surface area contributed by atoms with Crippen molar-refractivity contribution in [3.8, 4) is 6.07 Å². The molecule has 2 aromatic heterocycles. The molecule has 1 fully saturated rings. The summed E-state index contributed by atoms with van der Waals surface area (Å²) in [5.74, 6) is 0.534. The van der Waals surface area contributed by atoms with Crippen molar-refractivity contribution in [2.75, 3.05) is 25.0 Å². The number of rotatable bonds is 3. The number of pyridine rings is 1. The van der Waals surface area contributed by atoms with E-state index in [1.54, 1.807) is 31.4 Å². The first-order valence-corrected chi connectivity index (χ1v) is 7.60. The molecule has 1 atom stereocenters. The number of nitriles is 1. The molecule has 23 heavy (non-hydrogen) atoms. The standard InChI is InChI=1S/C16H18N6O/c1-18-16(23)14-6-9-22(20-14)13-5-3-8-21(11-13)15-12(10-17)4-2-7-19-15/h2,4,6-7,9,13H,3,5,8,11H2,1H3,(H,18,23)/t13-/m0/s1. The number of carbonyl (C=O) groups excluding carboxylic acids is 1. The van der Waals surface area contributed by atoms with Gasteiger partial charge < -0.3 is 10.2 Å². The van der Waals surface area contributed by atoms with Crippen LogP contribution in [0.5, 0.6) is 0 Å². The lowest BCUT2D eigenvalue weighted by Crippen LogP contribution is -2.37. The summed E-state index contributed by atoms with van der Waals surface area (Å²) in [7, 11) is 1.59. The maximum atomic E-state index is 11.6. The number of carbonyl (C=O) groups is 1.